The molecule has 118 valence electrons. The van der Waals surface area contributed by atoms with E-state index in [0.29, 0.717) is 26.2 Å². The summed E-state index contributed by atoms with van der Waals surface area (Å²) in [5.74, 6) is -0.385. The summed E-state index contributed by atoms with van der Waals surface area (Å²) in [7, 11) is -3.28. The van der Waals surface area contributed by atoms with Gasteiger partial charge in [-0.3, -0.25) is 0 Å². The minimum atomic E-state index is -3.28. The highest BCUT2D eigenvalue weighted by Crippen LogP contribution is 2.32. The van der Waals surface area contributed by atoms with Crippen LogP contribution in [0.25, 0.3) is 21.7 Å². The third-order valence-electron chi connectivity index (χ3n) is 3.31. The van der Waals surface area contributed by atoms with Crippen LogP contribution in [0.15, 0.2) is 53.4 Å². The first kappa shape index (κ1) is 15.6. The van der Waals surface area contributed by atoms with Crippen LogP contribution in [0.3, 0.4) is 0 Å². The van der Waals surface area contributed by atoms with E-state index in [9.17, 15) is 17.7 Å². The summed E-state index contributed by atoms with van der Waals surface area (Å²) in [6.45, 7) is 0. The number of nitrogens with one attached hydrogen (secondary N) is 1. The molecule has 23 heavy (non-hydrogen) atoms. The molecule has 0 bridgehead atoms. The number of hydrogen-bond acceptors (Lipinski definition) is 4. The summed E-state index contributed by atoms with van der Waals surface area (Å²) >= 11 is 1.12. The first-order valence-electron chi connectivity index (χ1n) is 6.57. The SMILES string of the molecule is CS(=O)(=O)c1ccc(-c2s[nH][n+](=O)c2-c2ccc(F)cc2)cc1. The molecule has 0 amide bonds. The van der Waals surface area contributed by atoms with Crippen molar-refractivity contribution in [3.63, 3.8) is 0 Å². The Morgan fingerprint density at radius 3 is 2.13 bits per heavy atom. The number of nitrogens with zero attached hydrogens (tertiary/aromatic N) is 1. The third-order valence-corrected chi connectivity index (χ3v) is 5.33. The lowest BCUT2D eigenvalue weighted by molar-refractivity contribution is -0.542. The Morgan fingerprint density at radius 1 is 1.00 bits per heavy atom. The Balaban J connectivity index is 2.12. The van der Waals surface area contributed by atoms with Crippen LogP contribution >= 0.6 is 11.5 Å². The summed E-state index contributed by atoms with van der Waals surface area (Å²) in [6.07, 6.45) is 1.14. The van der Waals surface area contributed by atoms with E-state index >= 15 is 0 Å². The van der Waals surface area contributed by atoms with Crippen molar-refractivity contribution in [2.75, 3.05) is 6.26 Å². The maximum absolute atomic E-state index is 13.1. The maximum atomic E-state index is 13.1. The Hall–Kier alpha value is -2.32. The van der Waals surface area contributed by atoms with Gasteiger partial charge in [0, 0.05) is 23.4 Å². The van der Waals surface area contributed by atoms with Gasteiger partial charge < -0.3 is 0 Å². The van der Waals surface area contributed by atoms with Crippen LogP contribution < -0.4 is 4.54 Å². The highest BCUT2D eigenvalue weighted by molar-refractivity contribution is 7.90. The molecule has 0 saturated heterocycles. The van der Waals surface area contributed by atoms with Gasteiger partial charge in [-0.2, -0.15) is 0 Å². The molecule has 1 heterocycles. The first-order valence-corrected chi connectivity index (χ1v) is 9.27. The fourth-order valence-corrected chi connectivity index (χ4v) is 3.63. The molecule has 0 unspecified atom stereocenters. The second-order valence-corrected chi connectivity index (χ2v) is 7.78. The van der Waals surface area contributed by atoms with Crippen LogP contribution in [0.1, 0.15) is 0 Å². The van der Waals surface area contributed by atoms with Gasteiger partial charge in [0.05, 0.1) is 15.4 Å². The van der Waals surface area contributed by atoms with E-state index in [0.717, 1.165) is 17.8 Å². The van der Waals surface area contributed by atoms with Crippen molar-refractivity contribution in [1.29, 1.82) is 0 Å². The van der Waals surface area contributed by atoms with Crippen molar-refractivity contribution in [1.82, 2.24) is 4.49 Å². The minimum Gasteiger partial charge on any atom is -0.224 e. The van der Waals surface area contributed by atoms with E-state index in [4.69, 9.17) is 0 Å². The molecule has 0 aliphatic rings. The van der Waals surface area contributed by atoms with Crippen LogP contribution in [0.5, 0.6) is 0 Å². The maximum Gasteiger partial charge on any atom is 0.319 e. The van der Waals surface area contributed by atoms with Crippen molar-refractivity contribution in [3.8, 4) is 21.7 Å². The normalized spacial score (nSPS) is 11.6. The fourth-order valence-electron chi connectivity index (χ4n) is 2.18. The van der Waals surface area contributed by atoms with Crippen LogP contribution in [0.2, 0.25) is 0 Å². The van der Waals surface area contributed by atoms with Gasteiger partial charge in [0.25, 0.3) is 0 Å². The molecule has 0 atom stereocenters. The summed E-state index contributed by atoms with van der Waals surface area (Å²) in [5, 5.41) is 0. The summed E-state index contributed by atoms with van der Waals surface area (Å²) in [4.78, 5) is 12.9. The van der Waals surface area contributed by atoms with Crippen LogP contribution in [0.4, 0.5) is 4.39 Å². The highest BCUT2D eigenvalue weighted by atomic mass is 32.2. The van der Waals surface area contributed by atoms with Gasteiger partial charge in [0.15, 0.2) is 14.4 Å². The Kier molecular flexibility index (Phi) is 3.87. The topological polar surface area (TPSA) is 72.9 Å². The molecule has 0 spiro atoms. The molecule has 5 nitrogen and oxygen atoms in total. The molecule has 0 aliphatic heterocycles. The number of H-pyrrole nitrogens is 1. The second-order valence-electron chi connectivity index (χ2n) is 4.97. The van der Waals surface area contributed by atoms with Gasteiger partial charge in [-0.1, -0.05) is 16.6 Å². The first-order chi connectivity index (χ1) is 10.9. The van der Waals surface area contributed by atoms with Gasteiger partial charge >= 0.3 is 5.69 Å². The molecule has 0 saturated carbocycles. The standard InChI is InChI=1S/C15H12FN2O3S2/c1-23(20,21)13-8-4-11(5-9-13)15-14(18(19)17-22-15)10-2-6-12(16)7-3-10/h2-9H,1H3,(H,17,19)/q+1. The number of hydrogen-bond donors (Lipinski definition) is 1. The predicted molar refractivity (Wildman–Crippen MR) is 86.0 cm³/mol. The fraction of sp³-hybridized carbons (Fsp3) is 0.0667. The minimum absolute atomic E-state index is 0.208. The number of benzene rings is 2. The smallest absolute Gasteiger partial charge is 0.224 e. The van der Waals surface area contributed by atoms with Crippen LogP contribution in [-0.2, 0) is 9.84 Å². The zero-order chi connectivity index (χ0) is 16.6. The quantitative estimate of drug-likeness (QED) is 0.738. The molecule has 0 fully saturated rings. The van der Waals surface area contributed by atoms with Gasteiger partial charge in [0.1, 0.15) is 10.7 Å². The number of halogens is 1. The Bertz CT molecular complexity index is 1000. The average Bonchev–Trinajstić information content (AvgIpc) is 2.89. The largest absolute Gasteiger partial charge is 0.319 e. The van der Waals surface area contributed by atoms with E-state index in [-0.39, 0.29) is 10.7 Å². The molecule has 0 aliphatic carbocycles. The third kappa shape index (κ3) is 3.08. The molecule has 1 N–H and O–H groups in total. The summed E-state index contributed by atoms with van der Waals surface area (Å²) in [5.41, 5.74) is 1.63. The molecule has 3 aromatic rings. The molecule has 3 rings (SSSR count). The highest BCUT2D eigenvalue weighted by Gasteiger charge is 2.23. The average molecular weight is 351 g/mol. The van der Waals surface area contributed by atoms with Crippen molar-refractivity contribution < 1.29 is 17.4 Å². The van der Waals surface area contributed by atoms with Gasteiger partial charge in [-0.15, -0.1) is 0 Å². The van der Waals surface area contributed by atoms with Crippen molar-refractivity contribution in [3.05, 3.63) is 59.3 Å². The summed E-state index contributed by atoms with van der Waals surface area (Å²) in [6, 6.07) is 11.9. The molecular weight excluding hydrogens is 339 g/mol. The van der Waals surface area contributed by atoms with Crippen molar-refractivity contribution >= 4 is 21.4 Å². The molecule has 2 aromatic carbocycles. The van der Waals surface area contributed by atoms with E-state index in [1.807, 2.05) is 0 Å². The van der Waals surface area contributed by atoms with E-state index in [1.54, 1.807) is 12.1 Å². The number of rotatable bonds is 3. The lowest BCUT2D eigenvalue weighted by Gasteiger charge is -2.00. The van der Waals surface area contributed by atoms with Crippen LogP contribution in [0, 0.1) is 10.7 Å². The zero-order valence-corrected chi connectivity index (χ0v) is 13.6. The number of sulfone groups is 1. The van der Waals surface area contributed by atoms with Gasteiger partial charge in [0.2, 0.25) is 0 Å². The zero-order valence-electron chi connectivity index (χ0n) is 12.0. The second kappa shape index (κ2) is 5.71. The molecular formula is C15H12FN2O3S2+. The van der Waals surface area contributed by atoms with Crippen LogP contribution in [-0.4, -0.2) is 19.2 Å². The van der Waals surface area contributed by atoms with E-state index in [1.165, 1.54) is 36.4 Å². The Morgan fingerprint density at radius 2 is 1.57 bits per heavy atom. The Labute approximate surface area is 135 Å². The van der Waals surface area contributed by atoms with E-state index in [2.05, 4.69) is 4.49 Å². The van der Waals surface area contributed by atoms with Crippen molar-refractivity contribution in [2.45, 2.75) is 4.90 Å². The monoisotopic (exact) mass is 351 g/mol. The number of aromatic amines is 1. The molecule has 1 aromatic heterocycles. The van der Waals surface area contributed by atoms with Gasteiger partial charge in [-0.05, 0) is 36.4 Å². The molecule has 8 heteroatoms. The van der Waals surface area contributed by atoms with Gasteiger partial charge in [-0.25, -0.2) is 12.8 Å². The lowest BCUT2D eigenvalue weighted by Crippen LogP contribution is -2.17. The number of aromatic nitrogens is 2. The lowest BCUT2D eigenvalue weighted by atomic mass is 10.1. The van der Waals surface area contributed by atoms with E-state index < -0.39 is 9.84 Å². The predicted octanol–water partition coefficient (Wildman–Crippen LogP) is 2.87. The van der Waals surface area contributed by atoms with Crippen molar-refractivity contribution in [2.24, 2.45) is 0 Å². The molecule has 0 radical (unpaired) electrons. The summed E-state index contributed by atoms with van der Waals surface area (Å²) < 4.78 is 39.3.